The minimum Gasteiger partial charge on any atom is -0.496 e. The van der Waals surface area contributed by atoms with Crippen molar-refractivity contribution in [1.29, 1.82) is 0 Å². The number of Topliss-reactive ketones (excluding diaryl/α,β-unsaturated/α-hetero) is 1. The van der Waals surface area contributed by atoms with Gasteiger partial charge in [-0.2, -0.15) is 0 Å². The Kier molecular flexibility index (Phi) is 4.56. The summed E-state index contributed by atoms with van der Waals surface area (Å²) < 4.78 is 10.7. The molecule has 7 heteroatoms. The lowest BCUT2D eigenvalue weighted by molar-refractivity contribution is -0.142. The fourth-order valence-electron chi connectivity index (χ4n) is 2.58. The Bertz CT molecular complexity index is 826. The van der Waals surface area contributed by atoms with E-state index < -0.39 is 6.10 Å². The van der Waals surface area contributed by atoms with Crippen molar-refractivity contribution in [2.45, 2.75) is 26.5 Å². The molecule has 1 amide bonds. The zero-order valence-electron chi connectivity index (χ0n) is 14.2. The van der Waals surface area contributed by atoms with Gasteiger partial charge in [0.05, 0.1) is 19.9 Å². The van der Waals surface area contributed by atoms with E-state index in [4.69, 9.17) is 14.0 Å². The molecule has 25 heavy (non-hydrogen) atoms. The highest BCUT2D eigenvalue weighted by molar-refractivity contribution is 6.08. The number of hydrogen-bond acceptors (Lipinski definition) is 6. The van der Waals surface area contributed by atoms with E-state index in [1.54, 1.807) is 37.3 Å². The van der Waals surface area contributed by atoms with Crippen LogP contribution in [0, 0.1) is 0 Å². The predicted octanol–water partition coefficient (Wildman–Crippen LogP) is 2.60. The Hall–Kier alpha value is -3.09. The maximum atomic E-state index is 12.6. The molecule has 2 heterocycles. The highest BCUT2D eigenvalue weighted by Crippen LogP contribution is 2.25. The molecule has 0 fully saturated rings. The Morgan fingerprint density at radius 2 is 2.16 bits per heavy atom. The molecule has 1 aliphatic rings. The van der Waals surface area contributed by atoms with Gasteiger partial charge in [0, 0.05) is 11.1 Å². The summed E-state index contributed by atoms with van der Waals surface area (Å²) in [7, 11) is 1.54. The smallest absolute Gasteiger partial charge is 0.272 e. The second-order valence-corrected chi connectivity index (χ2v) is 5.65. The van der Waals surface area contributed by atoms with Crippen molar-refractivity contribution in [3.8, 4) is 5.75 Å². The van der Waals surface area contributed by atoms with E-state index in [-0.39, 0.29) is 24.1 Å². The van der Waals surface area contributed by atoms with Crippen LogP contribution < -0.4 is 4.74 Å². The van der Waals surface area contributed by atoms with Crippen molar-refractivity contribution in [2.75, 3.05) is 7.11 Å². The Balaban J connectivity index is 2.00. The highest BCUT2D eigenvalue weighted by Gasteiger charge is 2.33. The number of ether oxygens (including phenoxy) is 1. The maximum absolute atomic E-state index is 12.6. The van der Waals surface area contributed by atoms with Crippen molar-refractivity contribution in [3.63, 3.8) is 0 Å². The van der Waals surface area contributed by atoms with E-state index in [9.17, 15) is 9.59 Å². The monoisotopic (exact) mass is 342 g/mol. The fraction of sp³-hybridized carbons (Fsp3) is 0.278. The number of rotatable bonds is 5. The van der Waals surface area contributed by atoms with Gasteiger partial charge < -0.3 is 14.0 Å². The van der Waals surface area contributed by atoms with E-state index in [1.807, 2.05) is 0 Å². The summed E-state index contributed by atoms with van der Waals surface area (Å²) in [6, 6.07) is 8.52. The number of oxime groups is 1. The average molecular weight is 342 g/mol. The molecule has 0 spiro atoms. The molecule has 0 saturated carbocycles. The molecule has 0 bridgehead atoms. The summed E-state index contributed by atoms with van der Waals surface area (Å²) in [6.45, 7) is 3.29. The zero-order valence-corrected chi connectivity index (χ0v) is 14.2. The van der Waals surface area contributed by atoms with Gasteiger partial charge in [-0.3, -0.25) is 14.5 Å². The molecule has 130 valence electrons. The average Bonchev–Trinajstić information content (AvgIpc) is 3.13. The fourth-order valence-corrected chi connectivity index (χ4v) is 2.58. The number of nitrogens with zero attached hydrogens (tertiary/aromatic N) is 2. The molecule has 0 saturated heterocycles. The summed E-state index contributed by atoms with van der Waals surface area (Å²) >= 11 is 0. The van der Waals surface area contributed by atoms with Crippen molar-refractivity contribution in [2.24, 2.45) is 5.16 Å². The Morgan fingerprint density at radius 3 is 2.80 bits per heavy atom. The number of carbonyl (C=O) groups is 2. The Labute approximate surface area is 144 Å². The highest BCUT2D eigenvalue weighted by atomic mass is 16.6. The van der Waals surface area contributed by atoms with Gasteiger partial charge in [-0.25, -0.2) is 0 Å². The Morgan fingerprint density at radius 1 is 1.36 bits per heavy atom. The quantitative estimate of drug-likeness (QED) is 0.780. The largest absolute Gasteiger partial charge is 0.496 e. The number of amidine groups is 1. The molecule has 1 aliphatic heterocycles. The third kappa shape index (κ3) is 3.26. The molecule has 1 aromatic carbocycles. The lowest BCUT2D eigenvalue weighted by atomic mass is 10.1. The number of ketones is 1. The van der Waals surface area contributed by atoms with Crippen LogP contribution in [0.2, 0.25) is 0 Å². The van der Waals surface area contributed by atoms with E-state index >= 15 is 0 Å². The third-order valence-corrected chi connectivity index (χ3v) is 3.92. The number of furan rings is 1. The first kappa shape index (κ1) is 16.8. The van der Waals surface area contributed by atoms with Crippen LogP contribution >= 0.6 is 0 Å². The van der Waals surface area contributed by atoms with Crippen LogP contribution in [0.4, 0.5) is 0 Å². The van der Waals surface area contributed by atoms with Gasteiger partial charge in [0.1, 0.15) is 5.75 Å². The van der Waals surface area contributed by atoms with Gasteiger partial charge in [-0.05, 0) is 44.2 Å². The van der Waals surface area contributed by atoms with Gasteiger partial charge in [0.25, 0.3) is 5.91 Å². The van der Waals surface area contributed by atoms with E-state index in [0.717, 1.165) is 0 Å². The first-order valence-electron chi connectivity index (χ1n) is 7.78. The molecular weight excluding hydrogens is 324 g/mol. The first-order chi connectivity index (χ1) is 12.0. The SMILES string of the molecule is COc1ccc(C(C)=O)cc1CN1C(=O)C(C)ON=C1c1ccco1. The summed E-state index contributed by atoms with van der Waals surface area (Å²) in [5.74, 6) is 0.961. The minimum atomic E-state index is -0.708. The van der Waals surface area contributed by atoms with Gasteiger partial charge >= 0.3 is 0 Å². The van der Waals surface area contributed by atoms with Crippen molar-refractivity contribution < 1.29 is 23.6 Å². The van der Waals surface area contributed by atoms with Crippen LogP contribution in [0.15, 0.2) is 46.2 Å². The van der Waals surface area contributed by atoms with Gasteiger partial charge in [-0.15, -0.1) is 0 Å². The number of hydrogen-bond donors (Lipinski definition) is 0. The van der Waals surface area contributed by atoms with Crippen molar-refractivity contribution in [1.82, 2.24) is 4.90 Å². The van der Waals surface area contributed by atoms with Crippen LogP contribution in [0.3, 0.4) is 0 Å². The van der Waals surface area contributed by atoms with E-state index in [2.05, 4.69) is 5.16 Å². The third-order valence-electron chi connectivity index (χ3n) is 3.92. The van der Waals surface area contributed by atoms with E-state index in [1.165, 1.54) is 25.2 Å². The first-order valence-corrected chi connectivity index (χ1v) is 7.78. The second kappa shape index (κ2) is 6.80. The molecule has 1 atom stereocenters. The predicted molar refractivity (Wildman–Crippen MR) is 89.3 cm³/mol. The number of methoxy groups -OCH3 is 1. The standard InChI is InChI=1S/C18H18N2O5/c1-11(21)13-6-7-15(23-3)14(9-13)10-20-17(16-5-4-8-24-16)19-25-12(2)18(20)22/h4-9,12H,10H2,1-3H3. The lowest BCUT2D eigenvalue weighted by Gasteiger charge is -2.29. The molecule has 1 aromatic heterocycles. The summed E-state index contributed by atoms with van der Waals surface area (Å²) in [5.41, 5.74) is 1.23. The molecule has 0 N–H and O–H groups in total. The van der Waals surface area contributed by atoms with Crippen LogP contribution in [0.25, 0.3) is 0 Å². The van der Waals surface area contributed by atoms with E-state index in [0.29, 0.717) is 22.6 Å². The molecule has 7 nitrogen and oxygen atoms in total. The van der Waals surface area contributed by atoms with Crippen molar-refractivity contribution >= 4 is 17.5 Å². The molecular formula is C18H18N2O5. The van der Waals surface area contributed by atoms with Gasteiger partial charge in [0.2, 0.25) is 11.9 Å². The summed E-state index contributed by atoms with van der Waals surface area (Å²) in [6.07, 6.45) is 0.788. The molecule has 1 unspecified atom stereocenters. The topological polar surface area (TPSA) is 81.3 Å². The lowest BCUT2D eigenvalue weighted by Crippen LogP contribution is -2.46. The molecule has 3 rings (SSSR count). The van der Waals surface area contributed by atoms with Gasteiger partial charge in [0.15, 0.2) is 11.5 Å². The summed E-state index contributed by atoms with van der Waals surface area (Å²) in [5, 5.41) is 4.01. The number of benzene rings is 1. The normalized spacial score (nSPS) is 17.1. The summed E-state index contributed by atoms with van der Waals surface area (Å²) in [4.78, 5) is 30.9. The van der Waals surface area contributed by atoms with Gasteiger partial charge in [-0.1, -0.05) is 5.16 Å². The van der Waals surface area contributed by atoms with Crippen LogP contribution in [-0.2, 0) is 16.2 Å². The minimum absolute atomic E-state index is 0.0644. The second-order valence-electron chi connectivity index (χ2n) is 5.65. The zero-order chi connectivity index (χ0) is 18.0. The number of carbonyl (C=O) groups excluding carboxylic acids is 2. The van der Waals surface area contributed by atoms with Crippen LogP contribution in [0.1, 0.15) is 35.5 Å². The molecule has 2 aromatic rings. The molecule has 0 aliphatic carbocycles. The maximum Gasteiger partial charge on any atom is 0.272 e. The van der Waals surface area contributed by atoms with Crippen molar-refractivity contribution in [3.05, 3.63) is 53.5 Å². The number of amides is 1. The molecule has 0 radical (unpaired) electrons. The van der Waals surface area contributed by atoms with Crippen LogP contribution in [0.5, 0.6) is 5.75 Å². The van der Waals surface area contributed by atoms with Crippen LogP contribution in [-0.4, -0.2) is 35.6 Å².